The molecule has 2 unspecified atom stereocenters. The fourth-order valence-corrected chi connectivity index (χ4v) is 5.51. The average molecular weight is 389 g/mol. The number of imidazole rings is 1. The van der Waals surface area contributed by atoms with Crippen LogP contribution in [0.5, 0.6) is 0 Å². The van der Waals surface area contributed by atoms with Gasteiger partial charge in [0.1, 0.15) is 5.65 Å². The molecule has 4 nitrogen and oxygen atoms in total. The van der Waals surface area contributed by atoms with Gasteiger partial charge in [-0.15, -0.1) is 0 Å². The van der Waals surface area contributed by atoms with Gasteiger partial charge in [-0.25, -0.2) is 4.98 Å². The zero-order valence-corrected chi connectivity index (χ0v) is 17.7. The molecular formula is C25H32N4. The van der Waals surface area contributed by atoms with Gasteiger partial charge < -0.3 is 10.1 Å². The molecule has 2 aliphatic rings. The van der Waals surface area contributed by atoms with Gasteiger partial charge in [0.15, 0.2) is 0 Å². The Labute approximate surface area is 173 Å². The van der Waals surface area contributed by atoms with E-state index in [2.05, 4.69) is 41.3 Å². The molecule has 1 aliphatic carbocycles. The number of rotatable bonds is 3. The Morgan fingerprint density at radius 1 is 1.00 bits per heavy atom. The maximum absolute atomic E-state index is 6.15. The molecule has 1 aliphatic heterocycles. The maximum atomic E-state index is 6.15. The first-order chi connectivity index (χ1) is 14.1. The summed E-state index contributed by atoms with van der Waals surface area (Å²) in [7, 11) is 0. The van der Waals surface area contributed by atoms with Gasteiger partial charge in [0.2, 0.25) is 0 Å². The Hall–Kier alpha value is -2.33. The Bertz CT molecular complexity index is 1020. The van der Waals surface area contributed by atoms with Crippen molar-refractivity contribution in [3.8, 4) is 11.3 Å². The smallest absolute Gasteiger partial charge is 0.137 e. The zero-order valence-electron chi connectivity index (χ0n) is 17.7. The van der Waals surface area contributed by atoms with E-state index in [1.54, 1.807) is 0 Å². The van der Waals surface area contributed by atoms with Gasteiger partial charge in [-0.05, 0) is 73.3 Å². The molecule has 0 radical (unpaired) electrons. The average Bonchev–Trinajstić information content (AvgIpc) is 3.04. The molecule has 4 heteroatoms. The lowest BCUT2D eigenvalue weighted by Crippen LogP contribution is -2.38. The fraction of sp³-hybridized carbons (Fsp3) is 0.480. The second-order valence-electron chi connectivity index (χ2n) is 9.43. The van der Waals surface area contributed by atoms with Crippen molar-refractivity contribution < 1.29 is 0 Å². The van der Waals surface area contributed by atoms with Gasteiger partial charge in [-0.3, -0.25) is 4.90 Å². The molecule has 0 amide bonds. The number of aryl methyl sites for hydroxylation is 2. The van der Waals surface area contributed by atoms with E-state index in [1.807, 2.05) is 18.3 Å². The molecule has 3 heterocycles. The molecule has 29 heavy (non-hydrogen) atoms. The summed E-state index contributed by atoms with van der Waals surface area (Å²) >= 11 is 0. The highest BCUT2D eigenvalue weighted by atomic mass is 15.2. The largest absolute Gasteiger partial charge is 0.398 e. The van der Waals surface area contributed by atoms with Crippen molar-refractivity contribution in [2.75, 3.05) is 18.8 Å². The van der Waals surface area contributed by atoms with Crippen molar-refractivity contribution >= 4 is 11.3 Å². The number of nitrogen functional groups attached to an aromatic ring is 1. The third-order valence-corrected chi connectivity index (χ3v) is 6.68. The third kappa shape index (κ3) is 3.66. The number of anilines is 1. The number of nitrogens with two attached hydrogens (primary N) is 1. The van der Waals surface area contributed by atoms with E-state index < -0.39 is 0 Å². The van der Waals surface area contributed by atoms with E-state index in [-0.39, 0.29) is 0 Å². The summed E-state index contributed by atoms with van der Waals surface area (Å²) in [5.41, 5.74) is 14.6. The van der Waals surface area contributed by atoms with E-state index in [0.29, 0.717) is 0 Å². The van der Waals surface area contributed by atoms with E-state index in [4.69, 9.17) is 10.7 Å². The summed E-state index contributed by atoms with van der Waals surface area (Å²) in [6.45, 7) is 7.98. The SMILES string of the molecule is CC1CC(C)CN(Cc2c(-c3ccc4c(c3)CCCC4)nc3ccc(N)cn23)C1. The number of hydrogen-bond acceptors (Lipinski definition) is 3. The van der Waals surface area contributed by atoms with Crippen LogP contribution in [0.2, 0.25) is 0 Å². The summed E-state index contributed by atoms with van der Waals surface area (Å²) in [6, 6.07) is 11.0. The number of nitrogens with zero attached hydrogens (tertiary/aromatic N) is 3. The van der Waals surface area contributed by atoms with Crippen LogP contribution in [-0.4, -0.2) is 27.4 Å². The Morgan fingerprint density at radius 3 is 2.55 bits per heavy atom. The number of likely N-dealkylation sites (tertiary alicyclic amines) is 1. The summed E-state index contributed by atoms with van der Waals surface area (Å²) in [4.78, 5) is 7.66. The monoisotopic (exact) mass is 388 g/mol. The van der Waals surface area contributed by atoms with Crippen molar-refractivity contribution in [2.24, 2.45) is 11.8 Å². The lowest BCUT2D eigenvalue weighted by atomic mass is 9.89. The lowest BCUT2D eigenvalue weighted by Gasteiger charge is -2.35. The van der Waals surface area contributed by atoms with Gasteiger partial charge in [-0.2, -0.15) is 0 Å². The minimum atomic E-state index is 0.746. The van der Waals surface area contributed by atoms with Crippen LogP contribution >= 0.6 is 0 Å². The first-order valence-corrected chi connectivity index (χ1v) is 11.2. The highest BCUT2D eigenvalue weighted by molar-refractivity contribution is 5.68. The first-order valence-electron chi connectivity index (χ1n) is 11.2. The molecule has 1 saturated heterocycles. The highest BCUT2D eigenvalue weighted by Gasteiger charge is 2.25. The van der Waals surface area contributed by atoms with Crippen LogP contribution in [0.25, 0.3) is 16.9 Å². The van der Waals surface area contributed by atoms with Crippen LogP contribution in [0.4, 0.5) is 5.69 Å². The molecule has 2 atom stereocenters. The van der Waals surface area contributed by atoms with Crippen LogP contribution in [-0.2, 0) is 19.4 Å². The zero-order chi connectivity index (χ0) is 20.0. The predicted molar refractivity (Wildman–Crippen MR) is 120 cm³/mol. The Morgan fingerprint density at radius 2 is 1.76 bits per heavy atom. The second kappa shape index (κ2) is 7.49. The minimum absolute atomic E-state index is 0.746. The van der Waals surface area contributed by atoms with Crippen LogP contribution < -0.4 is 5.73 Å². The normalized spacial score (nSPS) is 22.7. The Kier molecular flexibility index (Phi) is 4.83. The van der Waals surface area contributed by atoms with Crippen molar-refractivity contribution in [3.63, 3.8) is 0 Å². The number of piperidine rings is 1. The first kappa shape index (κ1) is 18.7. The van der Waals surface area contributed by atoms with Crippen molar-refractivity contribution in [3.05, 3.63) is 53.3 Å². The molecule has 3 aromatic rings. The molecule has 2 N–H and O–H groups in total. The number of benzene rings is 1. The number of fused-ring (bicyclic) bond motifs is 2. The van der Waals surface area contributed by atoms with Crippen molar-refractivity contribution in [1.82, 2.24) is 14.3 Å². The van der Waals surface area contributed by atoms with Gasteiger partial charge in [-0.1, -0.05) is 26.0 Å². The molecule has 1 fully saturated rings. The van der Waals surface area contributed by atoms with Crippen molar-refractivity contribution in [1.29, 1.82) is 0 Å². The maximum Gasteiger partial charge on any atom is 0.137 e. The number of pyridine rings is 1. The number of aromatic nitrogens is 2. The Balaban J connectivity index is 1.59. The summed E-state index contributed by atoms with van der Waals surface area (Å²) in [5.74, 6) is 1.49. The lowest BCUT2D eigenvalue weighted by molar-refractivity contribution is 0.133. The molecule has 0 saturated carbocycles. The third-order valence-electron chi connectivity index (χ3n) is 6.68. The standard InChI is InChI=1S/C25H32N4/c1-17-11-18(2)14-28(13-17)16-23-25(27-24-10-9-22(26)15-29(23)24)21-8-7-19-5-3-4-6-20(19)12-21/h7-10,12,15,17-18H,3-6,11,13-14,16,26H2,1-2H3. The summed E-state index contributed by atoms with van der Waals surface area (Å²) < 4.78 is 2.22. The molecule has 1 aromatic carbocycles. The molecule has 0 spiro atoms. The molecule has 5 rings (SSSR count). The van der Waals surface area contributed by atoms with E-state index >= 15 is 0 Å². The van der Waals surface area contributed by atoms with Crippen LogP contribution in [0, 0.1) is 11.8 Å². The molecular weight excluding hydrogens is 356 g/mol. The summed E-state index contributed by atoms with van der Waals surface area (Å²) in [5, 5.41) is 0. The second-order valence-corrected chi connectivity index (χ2v) is 9.43. The van der Waals surface area contributed by atoms with Crippen molar-refractivity contribution in [2.45, 2.75) is 52.5 Å². The molecule has 152 valence electrons. The van der Waals surface area contributed by atoms with Crippen LogP contribution in [0.3, 0.4) is 0 Å². The number of hydrogen-bond donors (Lipinski definition) is 1. The molecule has 2 aromatic heterocycles. The highest BCUT2D eigenvalue weighted by Crippen LogP contribution is 2.32. The summed E-state index contributed by atoms with van der Waals surface area (Å²) in [6.07, 6.45) is 8.39. The van der Waals surface area contributed by atoms with E-state index in [9.17, 15) is 0 Å². The van der Waals surface area contributed by atoms with E-state index in [1.165, 1.54) is 54.5 Å². The van der Waals surface area contributed by atoms with Gasteiger partial charge >= 0.3 is 0 Å². The van der Waals surface area contributed by atoms with Crippen LogP contribution in [0.1, 0.15) is 49.9 Å². The predicted octanol–water partition coefficient (Wildman–Crippen LogP) is 4.94. The van der Waals surface area contributed by atoms with Gasteiger partial charge in [0.25, 0.3) is 0 Å². The topological polar surface area (TPSA) is 46.6 Å². The van der Waals surface area contributed by atoms with Gasteiger partial charge in [0, 0.05) is 37.1 Å². The van der Waals surface area contributed by atoms with E-state index in [0.717, 1.165) is 48.5 Å². The fourth-order valence-electron chi connectivity index (χ4n) is 5.51. The van der Waals surface area contributed by atoms with Gasteiger partial charge in [0.05, 0.1) is 11.4 Å². The molecule has 0 bridgehead atoms. The van der Waals surface area contributed by atoms with Crippen LogP contribution in [0.15, 0.2) is 36.5 Å². The minimum Gasteiger partial charge on any atom is -0.398 e. The quantitative estimate of drug-likeness (QED) is 0.691.